The van der Waals surface area contributed by atoms with E-state index in [4.69, 9.17) is 0 Å². The van der Waals surface area contributed by atoms with Gasteiger partial charge in [0, 0.05) is 11.8 Å². The van der Waals surface area contributed by atoms with E-state index in [0.29, 0.717) is 17.3 Å². The molecule has 0 N–H and O–H groups in total. The highest BCUT2D eigenvalue weighted by molar-refractivity contribution is 5.29. The van der Waals surface area contributed by atoms with E-state index < -0.39 is 0 Å². The molecule has 0 saturated heterocycles. The Bertz CT molecular complexity index is 1830. The van der Waals surface area contributed by atoms with Crippen LogP contribution >= 0.6 is 0 Å². The normalized spacial score (nSPS) is 56.1. The molecule has 352 valence electrons. The van der Waals surface area contributed by atoms with E-state index >= 15 is 0 Å². The van der Waals surface area contributed by atoms with Crippen LogP contribution in [0.4, 0.5) is 0 Å². The van der Waals surface area contributed by atoms with Crippen LogP contribution in [-0.2, 0) is 0 Å². The van der Waals surface area contributed by atoms with Crippen LogP contribution in [0.3, 0.4) is 0 Å². The fourth-order valence-corrected chi connectivity index (χ4v) is 23.9. The van der Waals surface area contributed by atoms with Gasteiger partial charge in [-0.3, -0.25) is 0 Å². The molecule has 12 aliphatic rings. The standard InChI is InChI=1S/C62H94N2/c1-7-34(2)24-37-12-16-41(35(3)25-37)50-28-51-47-19-15-40(33-64)60(47)57(42-17-13-38(32-63)26-36(42)4)31-56(51)55-30-53-49-23-22-46-43(20-21-48(61(46)49)52(53)29-54(50)55)39-14-18-45-44-10-8-9-11-58(44)62(5,6)59(45)27-39/h21,34-47,49-61H,7-20,22-31H2,1-6H3. The van der Waals surface area contributed by atoms with Crippen molar-refractivity contribution in [3.8, 4) is 12.1 Å². The van der Waals surface area contributed by atoms with Crippen molar-refractivity contribution >= 4 is 0 Å². The Hall–Kier alpha value is -1.28. The Morgan fingerprint density at radius 1 is 0.562 bits per heavy atom. The van der Waals surface area contributed by atoms with Gasteiger partial charge in [0.25, 0.3) is 0 Å². The second kappa shape index (κ2) is 17.0. The third-order valence-electron chi connectivity index (χ3n) is 26.3. The molecular weight excluding hydrogens is 773 g/mol. The Morgan fingerprint density at radius 2 is 1.19 bits per heavy atom. The molecule has 0 radical (unpaired) electrons. The largest absolute Gasteiger partial charge is 0.198 e. The van der Waals surface area contributed by atoms with Crippen LogP contribution in [0.25, 0.3) is 0 Å². The lowest BCUT2D eigenvalue weighted by molar-refractivity contribution is -0.126. The molecule has 0 heterocycles. The minimum absolute atomic E-state index is 0.259. The maximum atomic E-state index is 10.8. The highest BCUT2D eigenvalue weighted by atomic mass is 14.7. The van der Waals surface area contributed by atoms with Gasteiger partial charge in [-0.1, -0.05) is 78.9 Å². The molecule has 0 spiro atoms. The number of rotatable bonds is 6. The molecule has 11 saturated carbocycles. The van der Waals surface area contributed by atoms with E-state index in [1.165, 1.54) is 89.9 Å². The topological polar surface area (TPSA) is 47.6 Å². The molecule has 2 heteroatoms. The molecule has 64 heavy (non-hydrogen) atoms. The van der Waals surface area contributed by atoms with Crippen LogP contribution in [0.1, 0.15) is 196 Å². The number of nitriles is 2. The van der Waals surface area contributed by atoms with Gasteiger partial charge in [-0.15, -0.1) is 0 Å². The van der Waals surface area contributed by atoms with E-state index in [1.807, 2.05) is 0 Å². The predicted octanol–water partition coefficient (Wildman–Crippen LogP) is 16.2. The number of fused-ring (bicyclic) bond motifs is 11. The molecule has 12 rings (SSSR count). The Labute approximate surface area is 393 Å². The molecule has 0 bridgehead atoms. The summed E-state index contributed by atoms with van der Waals surface area (Å²) in [6.07, 6.45) is 37.8. The van der Waals surface area contributed by atoms with E-state index in [9.17, 15) is 10.5 Å². The van der Waals surface area contributed by atoms with Crippen molar-refractivity contribution in [1.82, 2.24) is 0 Å². The molecule has 0 amide bonds. The van der Waals surface area contributed by atoms with Gasteiger partial charge in [0.1, 0.15) is 0 Å². The summed E-state index contributed by atoms with van der Waals surface area (Å²) in [5.74, 6) is 23.2. The fourth-order valence-electron chi connectivity index (χ4n) is 23.9. The molecule has 12 aliphatic carbocycles. The Kier molecular flexibility index (Phi) is 11.7. The van der Waals surface area contributed by atoms with E-state index in [0.717, 1.165) is 149 Å². The van der Waals surface area contributed by atoms with Crippen LogP contribution < -0.4 is 0 Å². The molecular formula is C62H94N2. The van der Waals surface area contributed by atoms with Crippen LogP contribution in [0, 0.1) is 188 Å². The molecule has 0 aromatic rings. The van der Waals surface area contributed by atoms with Crippen molar-refractivity contribution in [3.63, 3.8) is 0 Å². The van der Waals surface area contributed by atoms with Crippen LogP contribution in [0.15, 0.2) is 11.6 Å². The molecule has 2 nitrogen and oxygen atoms in total. The first kappa shape index (κ1) is 44.0. The van der Waals surface area contributed by atoms with Gasteiger partial charge in [0.2, 0.25) is 0 Å². The summed E-state index contributed by atoms with van der Waals surface area (Å²) in [4.78, 5) is 0. The minimum Gasteiger partial charge on any atom is -0.198 e. The summed E-state index contributed by atoms with van der Waals surface area (Å²) in [7, 11) is 0. The maximum absolute atomic E-state index is 10.8. The molecule has 27 atom stereocenters. The van der Waals surface area contributed by atoms with E-state index in [1.54, 1.807) is 51.4 Å². The first-order chi connectivity index (χ1) is 31.1. The zero-order valence-corrected chi connectivity index (χ0v) is 42.0. The first-order valence-electron chi connectivity index (χ1n) is 29.6. The smallest absolute Gasteiger partial charge is 0.0658 e. The summed E-state index contributed by atoms with van der Waals surface area (Å²) in [6.45, 7) is 15.7. The van der Waals surface area contributed by atoms with Gasteiger partial charge < -0.3 is 0 Å². The lowest BCUT2D eigenvalue weighted by Gasteiger charge is -2.61. The Balaban J connectivity index is 0.841. The second-order valence-electron chi connectivity index (χ2n) is 28.4. The van der Waals surface area contributed by atoms with E-state index in [-0.39, 0.29) is 11.8 Å². The summed E-state index contributed by atoms with van der Waals surface area (Å²) in [5.41, 5.74) is 2.64. The van der Waals surface area contributed by atoms with Crippen molar-refractivity contribution in [3.05, 3.63) is 11.6 Å². The molecule has 0 aromatic carbocycles. The minimum atomic E-state index is 0.259. The second-order valence-corrected chi connectivity index (χ2v) is 28.4. The van der Waals surface area contributed by atoms with Crippen molar-refractivity contribution in [2.45, 2.75) is 196 Å². The summed E-state index contributed by atoms with van der Waals surface area (Å²) < 4.78 is 0. The van der Waals surface area contributed by atoms with Crippen LogP contribution in [-0.4, -0.2) is 0 Å². The first-order valence-corrected chi connectivity index (χ1v) is 29.6. The number of nitrogens with zero attached hydrogens (tertiary/aromatic N) is 2. The Morgan fingerprint density at radius 3 is 1.95 bits per heavy atom. The average molecular weight is 867 g/mol. The molecule has 0 aliphatic heterocycles. The maximum Gasteiger partial charge on any atom is 0.0658 e. The summed E-state index contributed by atoms with van der Waals surface area (Å²) >= 11 is 0. The monoisotopic (exact) mass is 867 g/mol. The number of allylic oxidation sites excluding steroid dienone is 2. The number of hydrogen-bond acceptors (Lipinski definition) is 2. The molecule has 27 unspecified atom stereocenters. The van der Waals surface area contributed by atoms with Gasteiger partial charge in [-0.25, -0.2) is 0 Å². The number of hydrogen-bond donors (Lipinski definition) is 0. The van der Waals surface area contributed by atoms with Crippen LogP contribution in [0.5, 0.6) is 0 Å². The average Bonchev–Trinajstić information content (AvgIpc) is 4.08. The summed E-state index contributed by atoms with van der Waals surface area (Å²) in [5, 5.41) is 20.8. The lowest BCUT2D eigenvalue weighted by Crippen LogP contribution is -2.55. The predicted molar refractivity (Wildman–Crippen MR) is 261 cm³/mol. The highest BCUT2D eigenvalue weighted by Crippen LogP contribution is 2.73. The zero-order valence-electron chi connectivity index (χ0n) is 42.0. The highest BCUT2D eigenvalue weighted by Gasteiger charge is 2.65. The molecule has 0 aromatic heterocycles. The molecule has 11 fully saturated rings. The van der Waals surface area contributed by atoms with Gasteiger partial charge in [0.05, 0.1) is 12.1 Å². The van der Waals surface area contributed by atoms with Crippen molar-refractivity contribution in [2.75, 3.05) is 0 Å². The lowest BCUT2D eigenvalue weighted by atomic mass is 9.43. The SMILES string of the molecule is CCC(C)CC1CCC(C2CC3C(CC(C4CCC(C#N)CC4C)C4C(C#N)CCC34)C3CC4C(CC23)C2=CCC(C3CCC5C6CCCCC6C(C)(C)C5C3)C3CCC4C23)C(C)C1. The van der Waals surface area contributed by atoms with Gasteiger partial charge in [0.15, 0.2) is 0 Å². The third kappa shape index (κ3) is 6.86. The van der Waals surface area contributed by atoms with Gasteiger partial charge in [-0.05, 0) is 282 Å². The van der Waals surface area contributed by atoms with Crippen molar-refractivity contribution in [2.24, 2.45) is 165 Å². The zero-order chi connectivity index (χ0) is 43.8. The van der Waals surface area contributed by atoms with Gasteiger partial charge >= 0.3 is 0 Å². The quantitative estimate of drug-likeness (QED) is 0.250. The van der Waals surface area contributed by atoms with E-state index in [2.05, 4.69) is 65.3 Å². The summed E-state index contributed by atoms with van der Waals surface area (Å²) in [6, 6.07) is 5.70. The third-order valence-corrected chi connectivity index (χ3v) is 26.3. The fraction of sp³-hybridized carbons (Fsp3) is 0.935. The van der Waals surface area contributed by atoms with Crippen molar-refractivity contribution < 1.29 is 0 Å². The van der Waals surface area contributed by atoms with Gasteiger partial charge in [-0.2, -0.15) is 10.5 Å². The van der Waals surface area contributed by atoms with Crippen molar-refractivity contribution in [1.29, 1.82) is 10.5 Å². The van der Waals surface area contributed by atoms with Crippen LogP contribution in [0.2, 0.25) is 0 Å².